The van der Waals surface area contributed by atoms with Gasteiger partial charge in [0.15, 0.2) is 5.82 Å². The molecular formula is C21H27N3O4. The minimum Gasteiger partial charge on any atom is -0.497 e. The molecule has 0 radical (unpaired) electrons. The second kappa shape index (κ2) is 7.81. The van der Waals surface area contributed by atoms with Crippen LogP contribution in [0.1, 0.15) is 55.8 Å². The van der Waals surface area contributed by atoms with Gasteiger partial charge in [0.1, 0.15) is 18.1 Å². The number of benzene rings is 1. The Balaban J connectivity index is 1.35. The average Bonchev–Trinajstić information content (AvgIpc) is 3.23. The average molecular weight is 385 g/mol. The summed E-state index contributed by atoms with van der Waals surface area (Å²) < 4.78 is 16.5. The molecule has 28 heavy (non-hydrogen) atoms. The van der Waals surface area contributed by atoms with Crippen LogP contribution in [-0.4, -0.2) is 47.8 Å². The first-order chi connectivity index (χ1) is 13.5. The molecule has 1 aromatic heterocycles. The van der Waals surface area contributed by atoms with Crippen molar-refractivity contribution >= 4 is 5.91 Å². The Morgan fingerprint density at radius 3 is 2.75 bits per heavy atom. The Bertz CT molecular complexity index is 840. The van der Waals surface area contributed by atoms with Gasteiger partial charge in [-0.25, -0.2) is 0 Å². The van der Waals surface area contributed by atoms with E-state index in [-0.39, 0.29) is 23.7 Å². The van der Waals surface area contributed by atoms with Crippen LogP contribution < -0.4 is 9.47 Å². The second-order valence-corrected chi connectivity index (χ2v) is 7.93. The number of carbonyl (C=O) groups excluding carboxylic acids is 1. The van der Waals surface area contributed by atoms with Crippen LogP contribution in [0, 0.1) is 5.92 Å². The number of ether oxygens (including phenoxy) is 2. The van der Waals surface area contributed by atoms with Crippen molar-refractivity contribution in [2.24, 2.45) is 5.92 Å². The van der Waals surface area contributed by atoms with Gasteiger partial charge >= 0.3 is 0 Å². The highest BCUT2D eigenvalue weighted by Gasteiger charge is 2.33. The van der Waals surface area contributed by atoms with E-state index in [1.807, 2.05) is 23.1 Å². The summed E-state index contributed by atoms with van der Waals surface area (Å²) >= 11 is 0. The highest BCUT2D eigenvalue weighted by Crippen LogP contribution is 2.33. The summed E-state index contributed by atoms with van der Waals surface area (Å²) in [5.41, 5.74) is 1.06. The molecule has 0 unspecified atom stereocenters. The minimum atomic E-state index is -0.131. The smallest absolute Gasteiger partial charge is 0.229 e. The molecule has 0 N–H and O–H groups in total. The Morgan fingerprint density at radius 1 is 1.29 bits per heavy atom. The molecule has 0 aliphatic carbocycles. The molecule has 7 heteroatoms. The number of hydrogen-bond acceptors (Lipinski definition) is 6. The standard InChI is InChI=1S/C21H27N3O4/c1-13(2)19-22-20(28-23-19)14-6-8-24(9-7-14)21(25)16-10-15-4-5-17(26-3)11-18(15)27-12-16/h4-5,11,13-14,16H,6-10,12H2,1-3H3/t16-/m1/s1. The van der Waals surface area contributed by atoms with Crippen molar-refractivity contribution in [3.8, 4) is 11.5 Å². The molecule has 2 aliphatic heterocycles. The number of piperidine rings is 1. The Kier molecular flexibility index (Phi) is 5.24. The van der Waals surface area contributed by atoms with E-state index in [4.69, 9.17) is 14.0 Å². The summed E-state index contributed by atoms with van der Waals surface area (Å²) in [4.78, 5) is 19.5. The molecule has 1 aromatic carbocycles. The molecule has 1 fully saturated rings. The molecule has 0 saturated carbocycles. The second-order valence-electron chi connectivity index (χ2n) is 7.93. The van der Waals surface area contributed by atoms with Crippen molar-refractivity contribution in [1.82, 2.24) is 15.0 Å². The van der Waals surface area contributed by atoms with Crippen LogP contribution in [0.4, 0.5) is 0 Å². The Labute approximate surface area is 165 Å². The zero-order chi connectivity index (χ0) is 19.7. The van der Waals surface area contributed by atoms with Gasteiger partial charge in [0.25, 0.3) is 0 Å². The number of hydrogen-bond donors (Lipinski definition) is 0. The molecule has 1 saturated heterocycles. The molecule has 0 spiro atoms. The molecule has 2 aromatic rings. The summed E-state index contributed by atoms with van der Waals surface area (Å²) in [5, 5.41) is 4.06. The number of rotatable bonds is 4. The number of likely N-dealkylation sites (tertiary alicyclic amines) is 1. The van der Waals surface area contributed by atoms with Gasteiger partial charge in [-0.1, -0.05) is 25.1 Å². The first kappa shape index (κ1) is 18.8. The third kappa shape index (κ3) is 3.70. The summed E-state index contributed by atoms with van der Waals surface area (Å²) in [7, 11) is 1.64. The van der Waals surface area contributed by atoms with Gasteiger partial charge in [0, 0.05) is 31.0 Å². The fraction of sp³-hybridized carbons (Fsp3) is 0.571. The van der Waals surface area contributed by atoms with Crippen LogP contribution in [0.15, 0.2) is 22.7 Å². The van der Waals surface area contributed by atoms with Crippen LogP contribution >= 0.6 is 0 Å². The first-order valence-electron chi connectivity index (χ1n) is 9.97. The van der Waals surface area contributed by atoms with Crippen molar-refractivity contribution in [3.05, 3.63) is 35.5 Å². The summed E-state index contributed by atoms with van der Waals surface area (Å²) in [5.74, 6) is 3.59. The fourth-order valence-electron chi connectivity index (χ4n) is 3.89. The molecule has 1 atom stereocenters. The van der Waals surface area contributed by atoms with Crippen molar-refractivity contribution in [2.75, 3.05) is 26.8 Å². The zero-order valence-corrected chi connectivity index (χ0v) is 16.7. The van der Waals surface area contributed by atoms with Crippen LogP contribution in [0.25, 0.3) is 0 Å². The zero-order valence-electron chi connectivity index (χ0n) is 16.7. The van der Waals surface area contributed by atoms with E-state index < -0.39 is 0 Å². The monoisotopic (exact) mass is 385 g/mol. The van der Waals surface area contributed by atoms with Gasteiger partial charge in [-0.05, 0) is 30.9 Å². The number of amides is 1. The fourth-order valence-corrected chi connectivity index (χ4v) is 3.89. The highest BCUT2D eigenvalue weighted by atomic mass is 16.5. The lowest BCUT2D eigenvalue weighted by Gasteiger charge is -2.34. The molecule has 4 rings (SSSR count). The largest absolute Gasteiger partial charge is 0.497 e. The van der Waals surface area contributed by atoms with Crippen molar-refractivity contribution < 1.29 is 18.8 Å². The molecule has 150 valence electrons. The van der Waals surface area contributed by atoms with Crippen LogP contribution in [-0.2, 0) is 11.2 Å². The lowest BCUT2D eigenvalue weighted by molar-refractivity contribution is -0.138. The SMILES string of the molecule is COc1ccc2c(c1)OC[C@H](C(=O)N1CCC(c3nc(C(C)C)no3)CC1)C2. The van der Waals surface area contributed by atoms with Crippen molar-refractivity contribution in [1.29, 1.82) is 0 Å². The quantitative estimate of drug-likeness (QED) is 0.805. The number of carbonyl (C=O) groups is 1. The van der Waals surface area contributed by atoms with E-state index in [0.717, 1.165) is 48.8 Å². The lowest BCUT2D eigenvalue weighted by Crippen LogP contribution is -2.44. The van der Waals surface area contributed by atoms with Gasteiger partial charge in [-0.15, -0.1) is 0 Å². The predicted octanol–water partition coefficient (Wildman–Crippen LogP) is 3.16. The summed E-state index contributed by atoms with van der Waals surface area (Å²) in [6, 6.07) is 5.79. The molecule has 0 bridgehead atoms. The van der Waals surface area contributed by atoms with E-state index in [9.17, 15) is 4.79 Å². The van der Waals surface area contributed by atoms with Crippen LogP contribution in [0.2, 0.25) is 0 Å². The van der Waals surface area contributed by atoms with Gasteiger partial charge in [-0.3, -0.25) is 4.79 Å². The van der Waals surface area contributed by atoms with Gasteiger partial charge in [0.2, 0.25) is 11.8 Å². The van der Waals surface area contributed by atoms with E-state index in [1.54, 1.807) is 7.11 Å². The normalized spacial score (nSPS) is 20.0. The Hall–Kier alpha value is -2.57. The van der Waals surface area contributed by atoms with Gasteiger partial charge in [-0.2, -0.15) is 4.98 Å². The molecule has 2 aliphatic rings. The maximum Gasteiger partial charge on any atom is 0.229 e. The van der Waals surface area contributed by atoms with E-state index >= 15 is 0 Å². The predicted molar refractivity (Wildman–Crippen MR) is 103 cm³/mol. The van der Waals surface area contributed by atoms with Crippen molar-refractivity contribution in [3.63, 3.8) is 0 Å². The highest BCUT2D eigenvalue weighted by molar-refractivity contribution is 5.80. The van der Waals surface area contributed by atoms with Gasteiger partial charge in [0.05, 0.1) is 13.0 Å². The summed E-state index contributed by atoms with van der Waals surface area (Å²) in [6.45, 7) is 5.96. The number of methoxy groups -OCH3 is 1. The van der Waals surface area contributed by atoms with E-state index in [1.165, 1.54) is 0 Å². The van der Waals surface area contributed by atoms with Crippen LogP contribution in [0.3, 0.4) is 0 Å². The minimum absolute atomic E-state index is 0.131. The molecule has 1 amide bonds. The van der Waals surface area contributed by atoms with Crippen molar-refractivity contribution in [2.45, 2.75) is 44.9 Å². The maximum atomic E-state index is 13.0. The number of aromatic nitrogens is 2. The number of fused-ring (bicyclic) bond motifs is 1. The Morgan fingerprint density at radius 2 is 2.07 bits per heavy atom. The third-order valence-electron chi connectivity index (χ3n) is 5.66. The molecular weight excluding hydrogens is 358 g/mol. The number of nitrogens with zero attached hydrogens (tertiary/aromatic N) is 3. The van der Waals surface area contributed by atoms with Gasteiger partial charge < -0.3 is 18.9 Å². The summed E-state index contributed by atoms with van der Waals surface area (Å²) in [6.07, 6.45) is 2.42. The lowest BCUT2D eigenvalue weighted by atomic mass is 9.92. The van der Waals surface area contributed by atoms with E-state index in [2.05, 4.69) is 24.0 Å². The third-order valence-corrected chi connectivity index (χ3v) is 5.66. The first-order valence-corrected chi connectivity index (χ1v) is 9.97. The molecule has 7 nitrogen and oxygen atoms in total. The van der Waals surface area contributed by atoms with E-state index in [0.29, 0.717) is 18.9 Å². The topological polar surface area (TPSA) is 77.7 Å². The van der Waals surface area contributed by atoms with Crippen LogP contribution in [0.5, 0.6) is 11.5 Å². The molecule has 3 heterocycles. The maximum absolute atomic E-state index is 13.0.